The standard InChI is InChI=1S/C19H25NO3/c1-19(2,3)23-18(22)20-13-7-10-16(20)14-17(21)12-11-15-8-5-4-6-9-15/h4-6,8-9,11-12,16H,7,10,13-14H2,1-3H3/b12-11+/t16-/m0/s1. The molecule has 0 aliphatic carbocycles. The zero-order valence-electron chi connectivity index (χ0n) is 14.1. The van der Waals surface area contributed by atoms with Crippen molar-refractivity contribution >= 4 is 18.0 Å². The van der Waals surface area contributed by atoms with Crippen LogP contribution in [0, 0.1) is 0 Å². The van der Waals surface area contributed by atoms with Gasteiger partial charge in [0.2, 0.25) is 0 Å². The molecule has 1 atom stereocenters. The lowest BCUT2D eigenvalue weighted by atomic mass is 10.1. The predicted octanol–water partition coefficient (Wildman–Crippen LogP) is 4.06. The summed E-state index contributed by atoms with van der Waals surface area (Å²) in [5.74, 6) is 0.0364. The monoisotopic (exact) mass is 315 g/mol. The molecule has 2 rings (SSSR count). The maximum atomic E-state index is 12.2. The molecule has 23 heavy (non-hydrogen) atoms. The number of allylic oxidation sites excluding steroid dienone is 1. The van der Waals surface area contributed by atoms with E-state index in [-0.39, 0.29) is 17.9 Å². The van der Waals surface area contributed by atoms with E-state index in [9.17, 15) is 9.59 Å². The lowest BCUT2D eigenvalue weighted by Crippen LogP contribution is -2.40. The minimum atomic E-state index is -0.512. The number of ether oxygens (including phenoxy) is 1. The topological polar surface area (TPSA) is 46.6 Å². The minimum Gasteiger partial charge on any atom is -0.444 e. The Kier molecular flexibility index (Phi) is 5.59. The molecule has 1 heterocycles. The van der Waals surface area contributed by atoms with Crippen LogP contribution in [0.15, 0.2) is 36.4 Å². The van der Waals surface area contributed by atoms with Crippen LogP contribution in [0.4, 0.5) is 4.79 Å². The van der Waals surface area contributed by atoms with Gasteiger partial charge < -0.3 is 9.64 Å². The number of nitrogens with zero attached hydrogens (tertiary/aromatic N) is 1. The molecular weight excluding hydrogens is 290 g/mol. The van der Waals surface area contributed by atoms with Gasteiger partial charge in [0.05, 0.1) is 0 Å². The minimum absolute atomic E-state index is 0.0364. The van der Waals surface area contributed by atoms with Crippen LogP contribution in [0.25, 0.3) is 6.08 Å². The lowest BCUT2D eigenvalue weighted by Gasteiger charge is -2.28. The molecule has 124 valence electrons. The second kappa shape index (κ2) is 7.44. The number of hydrogen-bond donors (Lipinski definition) is 0. The van der Waals surface area contributed by atoms with Crippen LogP contribution in [0.5, 0.6) is 0 Å². The highest BCUT2D eigenvalue weighted by atomic mass is 16.6. The predicted molar refractivity (Wildman–Crippen MR) is 91.1 cm³/mol. The van der Waals surface area contributed by atoms with Crippen LogP contribution < -0.4 is 0 Å². The number of benzene rings is 1. The molecule has 1 saturated heterocycles. The number of rotatable bonds is 4. The number of carbonyl (C=O) groups is 2. The van der Waals surface area contributed by atoms with E-state index in [1.54, 1.807) is 11.0 Å². The number of likely N-dealkylation sites (tertiary alicyclic amines) is 1. The molecule has 1 amide bonds. The molecule has 0 saturated carbocycles. The SMILES string of the molecule is CC(C)(C)OC(=O)N1CCC[C@H]1CC(=O)/C=C/c1ccccc1. The third-order valence-corrected chi connectivity index (χ3v) is 3.70. The van der Waals surface area contributed by atoms with Gasteiger partial charge in [0.25, 0.3) is 0 Å². The largest absolute Gasteiger partial charge is 0.444 e. The van der Waals surface area contributed by atoms with Crippen molar-refractivity contribution in [2.45, 2.75) is 51.7 Å². The zero-order valence-corrected chi connectivity index (χ0v) is 14.1. The summed E-state index contributed by atoms with van der Waals surface area (Å²) < 4.78 is 5.42. The summed E-state index contributed by atoms with van der Waals surface area (Å²) >= 11 is 0. The van der Waals surface area contributed by atoms with Crippen LogP contribution in [0.2, 0.25) is 0 Å². The van der Waals surface area contributed by atoms with Gasteiger partial charge in [0.1, 0.15) is 5.60 Å². The van der Waals surface area contributed by atoms with Gasteiger partial charge in [-0.25, -0.2) is 4.79 Å². The molecule has 4 heteroatoms. The van der Waals surface area contributed by atoms with E-state index >= 15 is 0 Å². The van der Waals surface area contributed by atoms with Crippen molar-refractivity contribution in [2.75, 3.05) is 6.54 Å². The molecule has 1 aliphatic rings. The van der Waals surface area contributed by atoms with Gasteiger partial charge in [0, 0.05) is 19.0 Å². The van der Waals surface area contributed by atoms with Crippen molar-refractivity contribution in [3.05, 3.63) is 42.0 Å². The Morgan fingerprint density at radius 1 is 1.26 bits per heavy atom. The van der Waals surface area contributed by atoms with Crippen LogP contribution in [0.3, 0.4) is 0 Å². The van der Waals surface area contributed by atoms with Crippen molar-refractivity contribution in [3.8, 4) is 0 Å². The molecule has 0 spiro atoms. The summed E-state index contributed by atoms with van der Waals surface area (Å²) in [6.07, 6.45) is 5.21. The van der Waals surface area contributed by atoms with Crippen LogP contribution in [0.1, 0.15) is 45.6 Å². The summed E-state index contributed by atoms with van der Waals surface area (Å²) in [4.78, 5) is 26.1. The van der Waals surface area contributed by atoms with E-state index in [0.29, 0.717) is 13.0 Å². The fourth-order valence-corrected chi connectivity index (χ4v) is 2.66. The fraction of sp³-hybridized carbons (Fsp3) is 0.474. The maximum Gasteiger partial charge on any atom is 0.410 e. The van der Waals surface area contributed by atoms with E-state index in [4.69, 9.17) is 4.74 Å². The Bertz CT molecular complexity index is 572. The molecular formula is C19H25NO3. The van der Waals surface area contributed by atoms with Crippen LogP contribution in [-0.4, -0.2) is 35.0 Å². The molecule has 1 aromatic rings. The average molecular weight is 315 g/mol. The second-order valence-corrected chi connectivity index (χ2v) is 6.88. The van der Waals surface area contributed by atoms with Gasteiger partial charge in [-0.05, 0) is 45.3 Å². The highest BCUT2D eigenvalue weighted by Gasteiger charge is 2.32. The van der Waals surface area contributed by atoms with Crippen LogP contribution in [-0.2, 0) is 9.53 Å². The second-order valence-electron chi connectivity index (χ2n) is 6.88. The summed E-state index contributed by atoms with van der Waals surface area (Å²) in [5, 5.41) is 0. The zero-order chi connectivity index (χ0) is 16.9. The van der Waals surface area contributed by atoms with Gasteiger partial charge in [0.15, 0.2) is 5.78 Å². The van der Waals surface area contributed by atoms with Crippen molar-refractivity contribution in [3.63, 3.8) is 0 Å². The summed E-state index contributed by atoms with van der Waals surface area (Å²) in [6, 6.07) is 9.66. The Morgan fingerprint density at radius 2 is 1.96 bits per heavy atom. The van der Waals surface area contributed by atoms with Gasteiger partial charge in [-0.3, -0.25) is 4.79 Å². The van der Waals surface area contributed by atoms with Crippen molar-refractivity contribution in [2.24, 2.45) is 0 Å². The highest BCUT2D eigenvalue weighted by molar-refractivity contribution is 5.94. The van der Waals surface area contributed by atoms with E-state index in [1.807, 2.05) is 57.2 Å². The first-order valence-electron chi connectivity index (χ1n) is 8.11. The van der Waals surface area contributed by atoms with Crippen molar-refractivity contribution in [1.29, 1.82) is 0 Å². The third-order valence-electron chi connectivity index (χ3n) is 3.70. The van der Waals surface area contributed by atoms with Gasteiger partial charge in [-0.1, -0.05) is 36.4 Å². The number of hydrogen-bond acceptors (Lipinski definition) is 3. The first kappa shape index (κ1) is 17.3. The Hall–Kier alpha value is -2.10. The first-order chi connectivity index (χ1) is 10.8. The van der Waals surface area contributed by atoms with Gasteiger partial charge in [-0.15, -0.1) is 0 Å². The quantitative estimate of drug-likeness (QED) is 0.787. The third kappa shape index (κ3) is 5.55. The van der Waals surface area contributed by atoms with Gasteiger partial charge in [-0.2, -0.15) is 0 Å². The Balaban J connectivity index is 1.92. The maximum absolute atomic E-state index is 12.2. The average Bonchev–Trinajstić information content (AvgIpc) is 2.93. The normalized spacial score (nSPS) is 18.4. The number of amides is 1. The molecule has 0 bridgehead atoms. The van der Waals surface area contributed by atoms with E-state index in [0.717, 1.165) is 18.4 Å². The smallest absolute Gasteiger partial charge is 0.410 e. The Morgan fingerprint density at radius 3 is 2.61 bits per heavy atom. The molecule has 1 aliphatic heterocycles. The number of ketones is 1. The molecule has 4 nitrogen and oxygen atoms in total. The van der Waals surface area contributed by atoms with E-state index in [2.05, 4.69) is 0 Å². The summed E-state index contributed by atoms with van der Waals surface area (Å²) in [6.45, 7) is 6.21. The van der Waals surface area contributed by atoms with E-state index in [1.165, 1.54) is 0 Å². The number of carbonyl (C=O) groups excluding carboxylic acids is 2. The molecule has 0 N–H and O–H groups in total. The molecule has 1 aromatic carbocycles. The van der Waals surface area contributed by atoms with Crippen LogP contribution >= 0.6 is 0 Å². The molecule has 1 fully saturated rings. The summed E-state index contributed by atoms with van der Waals surface area (Å²) in [7, 11) is 0. The molecule has 0 radical (unpaired) electrons. The fourth-order valence-electron chi connectivity index (χ4n) is 2.66. The lowest BCUT2D eigenvalue weighted by molar-refractivity contribution is -0.115. The first-order valence-corrected chi connectivity index (χ1v) is 8.11. The molecule has 0 unspecified atom stereocenters. The van der Waals surface area contributed by atoms with E-state index < -0.39 is 5.60 Å². The van der Waals surface area contributed by atoms with Crippen molar-refractivity contribution in [1.82, 2.24) is 4.90 Å². The molecule has 0 aromatic heterocycles. The highest BCUT2D eigenvalue weighted by Crippen LogP contribution is 2.23. The summed E-state index contributed by atoms with van der Waals surface area (Å²) in [5.41, 5.74) is 0.484. The van der Waals surface area contributed by atoms with Gasteiger partial charge >= 0.3 is 6.09 Å². The van der Waals surface area contributed by atoms with Crippen molar-refractivity contribution < 1.29 is 14.3 Å². The Labute approximate surface area is 138 Å².